The monoisotopic (exact) mass is 943 g/mol. The Labute approximate surface area is 419 Å². The van der Waals surface area contributed by atoms with Gasteiger partial charge in [0.2, 0.25) is 0 Å². The first-order chi connectivity index (χ1) is 33.5. The van der Waals surface area contributed by atoms with Gasteiger partial charge in [0.05, 0.1) is 0 Å². The Balaban J connectivity index is 3.97. The lowest BCUT2D eigenvalue weighted by Crippen LogP contribution is -2.30. The van der Waals surface area contributed by atoms with Crippen molar-refractivity contribution in [3.05, 3.63) is 109 Å². The number of ether oxygens (including phenoxy) is 3. The first-order valence-electron chi connectivity index (χ1n) is 27.9. The van der Waals surface area contributed by atoms with Gasteiger partial charge in [-0.3, -0.25) is 14.4 Å². The van der Waals surface area contributed by atoms with E-state index in [1.54, 1.807) is 0 Å². The second-order valence-corrected chi connectivity index (χ2v) is 18.1. The van der Waals surface area contributed by atoms with Crippen LogP contribution in [0.1, 0.15) is 245 Å². The van der Waals surface area contributed by atoms with Gasteiger partial charge in [0, 0.05) is 19.3 Å². The van der Waals surface area contributed by atoms with E-state index in [4.69, 9.17) is 14.2 Å². The molecule has 0 rings (SSSR count). The lowest BCUT2D eigenvalue weighted by molar-refractivity contribution is -0.167. The van der Waals surface area contributed by atoms with Gasteiger partial charge in [0.15, 0.2) is 6.10 Å². The average molecular weight is 943 g/mol. The lowest BCUT2D eigenvalue weighted by atomic mass is 10.1. The van der Waals surface area contributed by atoms with Gasteiger partial charge in [0.25, 0.3) is 0 Å². The first-order valence-corrected chi connectivity index (χ1v) is 27.9. The van der Waals surface area contributed by atoms with Gasteiger partial charge >= 0.3 is 17.9 Å². The molecule has 0 N–H and O–H groups in total. The summed E-state index contributed by atoms with van der Waals surface area (Å²) in [6.07, 6.45) is 75.7. The number of esters is 3. The summed E-state index contributed by atoms with van der Waals surface area (Å²) in [6.45, 7) is 6.35. The van der Waals surface area contributed by atoms with Crippen LogP contribution in [0.25, 0.3) is 0 Å². The molecule has 1 unspecified atom stereocenters. The van der Waals surface area contributed by atoms with Crippen molar-refractivity contribution in [3.63, 3.8) is 0 Å². The van der Waals surface area contributed by atoms with Crippen molar-refractivity contribution in [3.8, 4) is 0 Å². The molecule has 0 radical (unpaired) electrons. The topological polar surface area (TPSA) is 78.9 Å². The van der Waals surface area contributed by atoms with E-state index in [2.05, 4.69) is 130 Å². The second kappa shape index (κ2) is 55.7. The Morgan fingerprint density at radius 3 is 0.971 bits per heavy atom. The summed E-state index contributed by atoms with van der Waals surface area (Å²) in [5.74, 6) is -0.917. The molecule has 6 heteroatoms. The Morgan fingerprint density at radius 2 is 0.603 bits per heavy atom. The molecule has 1 atom stereocenters. The molecule has 0 saturated carbocycles. The Hall–Kier alpha value is -3.93. The number of hydrogen-bond donors (Lipinski definition) is 0. The third-order valence-corrected chi connectivity index (χ3v) is 11.5. The van der Waals surface area contributed by atoms with Crippen LogP contribution in [0.4, 0.5) is 0 Å². The minimum atomic E-state index is -0.778. The van der Waals surface area contributed by atoms with Crippen molar-refractivity contribution in [1.29, 1.82) is 0 Å². The Morgan fingerprint density at radius 1 is 0.309 bits per heavy atom. The highest BCUT2D eigenvalue weighted by molar-refractivity contribution is 5.71. The molecule has 0 aliphatic rings. The van der Waals surface area contributed by atoms with Crippen LogP contribution in [0.15, 0.2) is 109 Å². The number of allylic oxidation sites excluding steroid dienone is 18. The molecule has 0 aromatic rings. The first kappa shape index (κ1) is 64.1. The van der Waals surface area contributed by atoms with Gasteiger partial charge in [-0.05, 0) is 103 Å². The fraction of sp³-hybridized carbons (Fsp3) is 0.661. The molecule has 386 valence electrons. The molecule has 6 nitrogen and oxygen atoms in total. The fourth-order valence-electron chi connectivity index (χ4n) is 7.34. The zero-order chi connectivity index (χ0) is 49.3. The highest BCUT2D eigenvalue weighted by atomic mass is 16.6. The van der Waals surface area contributed by atoms with E-state index in [1.807, 2.05) is 0 Å². The molecule has 68 heavy (non-hydrogen) atoms. The minimum absolute atomic E-state index is 0.0828. The summed E-state index contributed by atoms with van der Waals surface area (Å²) in [7, 11) is 0. The molecule has 0 aliphatic carbocycles. The van der Waals surface area contributed by atoms with Gasteiger partial charge in [-0.25, -0.2) is 0 Å². The quantitative estimate of drug-likeness (QED) is 0.0262. The van der Waals surface area contributed by atoms with Crippen molar-refractivity contribution in [2.45, 2.75) is 252 Å². The number of unbranched alkanes of at least 4 members (excludes halogenated alkanes) is 20. The second-order valence-electron chi connectivity index (χ2n) is 18.1. The molecule has 0 aromatic carbocycles. The van der Waals surface area contributed by atoms with Gasteiger partial charge < -0.3 is 14.2 Å². The van der Waals surface area contributed by atoms with Crippen LogP contribution < -0.4 is 0 Å². The predicted octanol–water partition coefficient (Wildman–Crippen LogP) is 18.7. The largest absolute Gasteiger partial charge is 0.462 e. The number of rotatable bonds is 49. The van der Waals surface area contributed by atoms with Crippen LogP contribution in [0.2, 0.25) is 0 Å². The summed E-state index contributed by atoms with van der Waals surface area (Å²) in [4.78, 5) is 37.6. The van der Waals surface area contributed by atoms with Crippen molar-refractivity contribution in [2.75, 3.05) is 13.2 Å². The van der Waals surface area contributed by atoms with Crippen LogP contribution in [0.5, 0.6) is 0 Å². The molecule has 0 saturated heterocycles. The maximum absolute atomic E-state index is 12.7. The lowest BCUT2D eigenvalue weighted by Gasteiger charge is -2.18. The smallest absolute Gasteiger partial charge is 0.306 e. The van der Waals surface area contributed by atoms with Gasteiger partial charge in [-0.15, -0.1) is 0 Å². The number of hydrogen-bond acceptors (Lipinski definition) is 6. The molecular weight excluding hydrogens is 841 g/mol. The number of carbonyl (C=O) groups is 3. The van der Waals surface area contributed by atoms with Crippen LogP contribution in [-0.4, -0.2) is 37.2 Å². The number of carbonyl (C=O) groups excluding carboxylic acids is 3. The van der Waals surface area contributed by atoms with Gasteiger partial charge in [-0.1, -0.05) is 233 Å². The zero-order valence-electron chi connectivity index (χ0n) is 44.1. The van der Waals surface area contributed by atoms with Crippen molar-refractivity contribution >= 4 is 17.9 Å². The van der Waals surface area contributed by atoms with Crippen LogP contribution in [0.3, 0.4) is 0 Å². The van der Waals surface area contributed by atoms with Crippen molar-refractivity contribution < 1.29 is 28.6 Å². The fourth-order valence-corrected chi connectivity index (χ4v) is 7.34. The van der Waals surface area contributed by atoms with Gasteiger partial charge in [0.1, 0.15) is 13.2 Å². The van der Waals surface area contributed by atoms with E-state index in [0.29, 0.717) is 19.3 Å². The molecule has 0 spiro atoms. The van der Waals surface area contributed by atoms with Crippen LogP contribution in [-0.2, 0) is 28.6 Å². The molecule has 0 bridgehead atoms. The van der Waals surface area contributed by atoms with Crippen LogP contribution in [0, 0.1) is 0 Å². The van der Waals surface area contributed by atoms with E-state index in [-0.39, 0.29) is 31.1 Å². The van der Waals surface area contributed by atoms with Crippen molar-refractivity contribution in [1.82, 2.24) is 0 Å². The molecule has 0 amide bonds. The summed E-state index contributed by atoms with van der Waals surface area (Å²) in [6, 6.07) is 0. The average Bonchev–Trinajstić information content (AvgIpc) is 3.34. The molecular formula is C62H102O6. The summed E-state index contributed by atoms with van der Waals surface area (Å²) in [5, 5.41) is 0. The van der Waals surface area contributed by atoms with Crippen LogP contribution >= 0.6 is 0 Å². The van der Waals surface area contributed by atoms with Gasteiger partial charge in [-0.2, -0.15) is 0 Å². The standard InChI is InChI=1S/C62H102O6/c1-4-7-10-13-15-17-19-20-21-22-23-24-25-26-27-28-29-30-31-32-33-34-35-36-37-38-39-40-41-42-43-45-46-49-52-55-61(64)67-58-59(57-66-60(63)54-51-48-12-9-6-3)68-62(65)56-53-50-47-44-18-16-14-11-8-5-2/h7,10-11,14-15,17,20-21,23-24,26-27,29-30,32-33,35-36,59H,4-6,8-9,12-13,16,18-19,22,25,28,31,34,37-58H2,1-3H3/b10-7-,14-11-,17-15-,21-20-,24-23-,27-26-,30-29-,33-32-,36-35-. The maximum Gasteiger partial charge on any atom is 0.306 e. The SMILES string of the molecule is CC/C=C\C/C=C\C/C=C\C/C=C\C/C=C\C/C=C\C/C=C\C/C=C\CCCCCCCCCCCCC(=O)OCC(COC(=O)CCCCCCC)OC(=O)CCCCCCC/C=C\CCC. The summed E-state index contributed by atoms with van der Waals surface area (Å²) >= 11 is 0. The molecule has 0 heterocycles. The summed E-state index contributed by atoms with van der Waals surface area (Å²) < 4.78 is 16.6. The normalized spacial score (nSPS) is 12.9. The Bertz CT molecular complexity index is 1410. The highest BCUT2D eigenvalue weighted by Crippen LogP contribution is 2.14. The van der Waals surface area contributed by atoms with E-state index in [0.717, 1.165) is 135 Å². The maximum atomic E-state index is 12.7. The van der Waals surface area contributed by atoms with E-state index in [1.165, 1.54) is 70.6 Å². The summed E-state index contributed by atoms with van der Waals surface area (Å²) in [5.41, 5.74) is 0. The van der Waals surface area contributed by atoms with E-state index < -0.39 is 6.10 Å². The van der Waals surface area contributed by atoms with E-state index in [9.17, 15) is 14.4 Å². The zero-order valence-corrected chi connectivity index (χ0v) is 44.1. The van der Waals surface area contributed by atoms with Crippen molar-refractivity contribution in [2.24, 2.45) is 0 Å². The molecule has 0 aromatic heterocycles. The third kappa shape index (κ3) is 53.0. The Kier molecular flexibility index (Phi) is 52.4. The predicted molar refractivity (Wildman–Crippen MR) is 293 cm³/mol. The minimum Gasteiger partial charge on any atom is -0.462 e. The third-order valence-electron chi connectivity index (χ3n) is 11.5. The van der Waals surface area contributed by atoms with E-state index >= 15 is 0 Å². The molecule has 0 aliphatic heterocycles. The molecule has 0 fully saturated rings. The highest BCUT2D eigenvalue weighted by Gasteiger charge is 2.19.